The lowest BCUT2D eigenvalue weighted by molar-refractivity contribution is 0.0523. The molecule has 2 N–H and O–H groups in total. The number of benzene rings is 1. The van der Waals surface area contributed by atoms with Crippen molar-refractivity contribution in [3.8, 4) is 5.75 Å². The van der Waals surface area contributed by atoms with Gasteiger partial charge in [0.05, 0.1) is 0 Å². The highest BCUT2D eigenvalue weighted by Crippen LogP contribution is 2.15. The molecule has 1 amide bonds. The topological polar surface area (TPSA) is 58.6 Å². The number of phenolic OH excluding ortho intramolecular Hbond substituents is 1. The molecule has 1 aromatic carbocycles. The zero-order chi connectivity index (χ0) is 13.1. The number of hydrogen-bond acceptors (Lipinski definition) is 3. The molecule has 0 saturated heterocycles. The Kier molecular flexibility index (Phi) is 3.99. The number of amides is 1. The lowest BCUT2D eigenvalue weighted by atomic mass is 10.1. The van der Waals surface area contributed by atoms with Crippen molar-refractivity contribution >= 4 is 6.09 Å². The monoisotopic (exact) mass is 237 g/mol. The van der Waals surface area contributed by atoms with E-state index in [1.54, 1.807) is 18.2 Å². The molecule has 1 aromatic rings. The summed E-state index contributed by atoms with van der Waals surface area (Å²) >= 11 is 0. The van der Waals surface area contributed by atoms with E-state index in [0.717, 1.165) is 11.1 Å². The summed E-state index contributed by atoms with van der Waals surface area (Å²) in [6.45, 7) is 7.72. The fraction of sp³-hybridized carbons (Fsp3) is 0.462. The van der Waals surface area contributed by atoms with Gasteiger partial charge in [-0.15, -0.1) is 0 Å². The summed E-state index contributed by atoms with van der Waals surface area (Å²) in [7, 11) is 0. The molecule has 4 nitrogen and oxygen atoms in total. The molecule has 0 radical (unpaired) electrons. The average Bonchev–Trinajstić information content (AvgIpc) is 2.13. The van der Waals surface area contributed by atoms with E-state index in [2.05, 4.69) is 5.32 Å². The van der Waals surface area contributed by atoms with Crippen molar-refractivity contribution in [2.45, 2.75) is 39.8 Å². The molecule has 0 aromatic heterocycles. The molecule has 0 unspecified atom stereocenters. The predicted octanol–water partition coefficient (Wildman–Crippen LogP) is 2.73. The average molecular weight is 237 g/mol. The van der Waals surface area contributed by atoms with Crippen molar-refractivity contribution in [2.75, 3.05) is 0 Å². The number of ether oxygens (including phenoxy) is 1. The Balaban J connectivity index is 2.53. The Morgan fingerprint density at radius 2 is 2.06 bits per heavy atom. The van der Waals surface area contributed by atoms with Crippen molar-refractivity contribution < 1.29 is 14.6 Å². The highest BCUT2D eigenvalue weighted by Gasteiger charge is 2.15. The first-order chi connectivity index (χ1) is 7.78. The van der Waals surface area contributed by atoms with E-state index < -0.39 is 11.7 Å². The first-order valence-corrected chi connectivity index (χ1v) is 5.53. The van der Waals surface area contributed by atoms with Gasteiger partial charge in [-0.2, -0.15) is 0 Å². The third-order valence-electron chi connectivity index (χ3n) is 2.15. The molecular formula is C13H19NO3. The summed E-state index contributed by atoms with van der Waals surface area (Å²) < 4.78 is 5.12. The van der Waals surface area contributed by atoms with Crippen LogP contribution >= 0.6 is 0 Å². The van der Waals surface area contributed by atoms with Gasteiger partial charge in [-0.05, 0) is 51.0 Å². The molecule has 0 aliphatic heterocycles. The van der Waals surface area contributed by atoms with Crippen LogP contribution < -0.4 is 5.32 Å². The van der Waals surface area contributed by atoms with Crippen molar-refractivity contribution in [2.24, 2.45) is 0 Å². The van der Waals surface area contributed by atoms with E-state index in [0.29, 0.717) is 6.54 Å². The quantitative estimate of drug-likeness (QED) is 0.831. The van der Waals surface area contributed by atoms with Gasteiger partial charge in [-0.25, -0.2) is 4.79 Å². The Morgan fingerprint density at radius 3 is 2.59 bits per heavy atom. The zero-order valence-corrected chi connectivity index (χ0v) is 10.7. The molecule has 0 bridgehead atoms. The lowest BCUT2D eigenvalue weighted by Gasteiger charge is -2.19. The van der Waals surface area contributed by atoms with Crippen molar-refractivity contribution in [3.63, 3.8) is 0 Å². The van der Waals surface area contributed by atoms with Crippen LogP contribution in [0.5, 0.6) is 5.75 Å². The van der Waals surface area contributed by atoms with Crippen LogP contribution in [0.25, 0.3) is 0 Å². The Morgan fingerprint density at radius 1 is 1.41 bits per heavy atom. The number of aromatic hydroxyl groups is 1. The van der Waals surface area contributed by atoms with E-state index in [1.807, 2.05) is 27.7 Å². The van der Waals surface area contributed by atoms with Gasteiger partial charge in [-0.1, -0.05) is 6.07 Å². The Hall–Kier alpha value is -1.71. The van der Waals surface area contributed by atoms with Crippen molar-refractivity contribution in [1.29, 1.82) is 0 Å². The molecular weight excluding hydrogens is 218 g/mol. The summed E-state index contributed by atoms with van der Waals surface area (Å²) in [4.78, 5) is 11.4. The van der Waals surface area contributed by atoms with E-state index in [1.165, 1.54) is 0 Å². The summed E-state index contributed by atoms with van der Waals surface area (Å²) in [5.74, 6) is 0.225. The standard InChI is InChI=1S/C13H19NO3/c1-9-7-11(15)6-5-10(9)8-14-12(16)17-13(2,3)4/h5-7,15H,8H2,1-4H3,(H,14,16). The minimum absolute atomic E-state index is 0.225. The number of alkyl carbamates (subject to hydrolysis) is 1. The Labute approximate surface area is 102 Å². The Bertz CT molecular complexity index is 408. The van der Waals surface area contributed by atoms with Crippen molar-refractivity contribution in [3.05, 3.63) is 29.3 Å². The number of rotatable bonds is 2. The number of carbonyl (C=O) groups is 1. The number of nitrogens with one attached hydrogen (secondary N) is 1. The van der Waals surface area contributed by atoms with Gasteiger partial charge in [0.2, 0.25) is 0 Å². The van der Waals surface area contributed by atoms with Gasteiger partial charge in [-0.3, -0.25) is 0 Å². The summed E-state index contributed by atoms with van der Waals surface area (Å²) in [6, 6.07) is 5.03. The summed E-state index contributed by atoms with van der Waals surface area (Å²) in [5.41, 5.74) is 1.39. The lowest BCUT2D eigenvalue weighted by Crippen LogP contribution is -2.32. The van der Waals surface area contributed by atoms with E-state index >= 15 is 0 Å². The molecule has 17 heavy (non-hydrogen) atoms. The van der Waals surface area contributed by atoms with Gasteiger partial charge in [0.25, 0.3) is 0 Å². The van der Waals surface area contributed by atoms with Crippen LogP contribution in [0.3, 0.4) is 0 Å². The predicted molar refractivity (Wildman–Crippen MR) is 65.9 cm³/mol. The maximum absolute atomic E-state index is 11.4. The number of aryl methyl sites for hydroxylation is 1. The number of phenols is 1. The highest BCUT2D eigenvalue weighted by molar-refractivity contribution is 5.67. The molecule has 0 fully saturated rings. The highest BCUT2D eigenvalue weighted by atomic mass is 16.6. The molecule has 0 spiro atoms. The van der Waals surface area contributed by atoms with Gasteiger partial charge < -0.3 is 15.2 Å². The van der Waals surface area contributed by atoms with Crippen molar-refractivity contribution in [1.82, 2.24) is 5.32 Å². The largest absolute Gasteiger partial charge is 0.508 e. The molecule has 1 rings (SSSR count). The second-order valence-corrected chi connectivity index (χ2v) is 4.97. The van der Waals surface area contributed by atoms with E-state index in [9.17, 15) is 9.90 Å². The maximum Gasteiger partial charge on any atom is 0.407 e. The summed E-state index contributed by atoms with van der Waals surface area (Å²) in [5, 5.41) is 11.9. The van der Waals surface area contributed by atoms with Gasteiger partial charge >= 0.3 is 6.09 Å². The number of carbonyl (C=O) groups excluding carboxylic acids is 1. The van der Waals surface area contributed by atoms with Crippen LogP contribution in [0.15, 0.2) is 18.2 Å². The minimum Gasteiger partial charge on any atom is -0.508 e. The number of hydrogen-bond donors (Lipinski definition) is 2. The van der Waals surface area contributed by atoms with Crippen LogP contribution in [0, 0.1) is 6.92 Å². The fourth-order valence-electron chi connectivity index (χ4n) is 1.36. The van der Waals surface area contributed by atoms with E-state index in [4.69, 9.17) is 4.74 Å². The van der Waals surface area contributed by atoms with Crippen LogP contribution in [0.4, 0.5) is 4.79 Å². The van der Waals surface area contributed by atoms with Gasteiger partial charge in [0.15, 0.2) is 0 Å². The minimum atomic E-state index is -0.492. The second-order valence-electron chi connectivity index (χ2n) is 4.97. The van der Waals surface area contributed by atoms with Crippen LogP contribution in [-0.2, 0) is 11.3 Å². The third kappa shape index (κ3) is 4.76. The van der Waals surface area contributed by atoms with E-state index in [-0.39, 0.29) is 5.75 Å². The molecule has 94 valence electrons. The molecule has 0 aliphatic rings. The van der Waals surface area contributed by atoms with Crippen LogP contribution in [-0.4, -0.2) is 16.8 Å². The smallest absolute Gasteiger partial charge is 0.407 e. The van der Waals surface area contributed by atoms with Crippen LogP contribution in [0.1, 0.15) is 31.9 Å². The molecule has 0 heterocycles. The molecule has 0 saturated carbocycles. The second kappa shape index (κ2) is 5.08. The van der Waals surface area contributed by atoms with Gasteiger partial charge in [0.1, 0.15) is 11.4 Å². The molecule has 4 heteroatoms. The zero-order valence-electron chi connectivity index (χ0n) is 10.7. The normalized spacial score (nSPS) is 11.1. The molecule has 0 atom stereocenters. The first kappa shape index (κ1) is 13.4. The third-order valence-corrected chi connectivity index (χ3v) is 2.15. The summed E-state index contributed by atoms with van der Waals surface area (Å²) in [6.07, 6.45) is -0.440. The first-order valence-electron chi connectivity index (χ1n) is 5.53. The molecule has 0 aliphatic carbocycles. The fourth-order valence-corrected chi connectivity index (χ4v) is 1.36. The van der Waals surface area contributed by atoms with Crippen LogP contribution in [0.2, 0.25) is 0 Å². The maximum atomic E-state index is 11.4. The van der Waals surface area contributed by atoms with Gasteiger partial charge in [0, 0.05) is 6.54 Å². The SMILES string of the molecule is Cc1cc(O)ccc1CNC(=O)OC(C)(C)C.